The third-order valence-electron chi connectivity index (χ3n) is 14.3. The third-order valence-corrected chi connectivity index (χ3v) is 14.3. The molecule has 7 heterocycles. The second-order valence-corrected chi connectivity index (χ2v) is 19.5. The molecule has 9 rings (SSSR count). The molecule has 4 aliphatic rings. The van der Waals surface area contributed by atoms with E-state index in [1.807, 2.05) is 63.6 Å². The van der Waals surface area contributed by atoms with Gasteiger partial charge in [0.1, 0.15) is 34.8 Å². The highest BCUT2D eigenvalue weighted by Crippen LogP contribution is 2.39. The van der Waals surface area contributed by atoms with Crippen LogP contribution in [-0.4, -0.2) is 95.8 Å². The van der Waals surface area contributed by atoms with E-state index in [1.54, 1.807) is 10.7 Å². The first-order valence-electron chi connectivity index (χ1n) is 23.3. The van der Waals surface area contributed by atoms with Gasteiger partial charge in [-0.05, 0) is 134 Å². The number of carbonyl (C=O) groups is 3. The van der Waals surface area contributed by atoms with Crippen LogP contribution in [0.25, 0.3) is 28.0 Å². The molecule has 15 nitrogen and oxygen atoms in total. The van der Waals surface area contributed by atoms with Crippen LogP contribution in [-0.2, 0) is 14.4 Å². The van der Waals surface area contributed by atoms with E-state index in [0.717, 1.165) is 106 Å². The van der Waals surface area contributed by atoms with E-state index in [2.05, 4.69) is 54.7 Å². The van der Waals surface area contributed by atoms with Crippen molar-refractivity contribution in [2.24, 2.45) is 5.41 Å². The van der Waals surface area contributed by atoms with E-state index in [9.17, 15) is 19.6 Å². The topological polar surface area (TPSA) is 178 Å². The highest BCUT2D eigenvalue weighted by atomic mass is 19.1. The highest BCUT2D eigenvalue weighted by molar-refractivity contribution is 6.01. The summed E-state index contributed by atoms with van der Waals surface area (Å²) in [5, 5.41) is 28.0. The van der Waals surface area contributed by atoms with Crippen LogP contribution in [0.15, 0.2) is 61.3 Å². The fraction of sp³-hybridized carbons (Fsp3) is 0.510. The first-order chi connectivity index (χ1) is 31.3. The molecule has 340 valence electrons. The van der Waals surface area contributed by atoms with Gasteiger partial charge in [-0.1, -0.05) is 13.0 Å². The Morgan fingerprint density at radius 1 is 0.923 bits per heavy atom. The number of imide groups is 1. The largest absolute Gasteiger partial charge is 0.374 e. The number of piperidine rings is 3. The van der Waals surface area contributed by atoms with Gasteiger partial charge in [0.05, 0.1) is 41.4 Å². The fourth-order valence-corrected chi connectivity index (χ4v) is 10.4. The van der Waals surface area contributed by atoms with Crippen LogP contribution >= 0.6 is 0 Å². The molecule has 0 spiro atoms. The Labute approximate surface area is 379 Å². The van der Waals surface area contributed by atoms with Gasteiger partial charge < -0.3 is 20.4 Å². The van der Waals surface area contributed by atoms with Crippen LogP contribution < -0.4 is 20.9 Å². The smallest absolute Gasteiger partial charge is 0.249 e. The lowest BCUT2D eigenvalue weighted by Gasteiger charge is -2.42. The monoisotopic (exact) mass is 882 g/mol. The number of nitriles is 1. The lowest BCUT2D eigenvalue weighted by molar-refractivity contribution is -0.135. The summed E-state index contributed by atoms with van der Waals surface area (Å²) in [5.74, 6) is 0.213. The van der Waals surface area contributed by atoms with Crippen molar-refractivity contribution in [2.75, 3.05) is 36.4 Å². The molecular weight excluding hydrogens is 824 g/mol. The first kappa shape index (κ1) is 44.0. The van der Waals surface area contributed by atoms with Gasteiger partial charge in [-0.3, -0.25) is 24.4 Å². The molecule has 0 unspecified atom stereocenters. The first-order valence-corrected chi connectivity index (χ1v) is 23.3. The number of anilines is 2. The average molecular weight is 883 g/mol. The molecule has 65 heavy (non-hydrogen) atoms. The fourth-order valence-electron chi connectivity index (χ4n) is 10.4. The Hall–Kier alpha value is -6.21. The van der Waals surface area contributed by atoms with Crippen molar-refractivity contribution in [3.05, 3.63) is 78.3 Å². The zero-order chi connectivity index (χ0) is 45.5. The normalized spacial score (nSPS) is 22.1. The minimum absolute atomic E-state index is 0.131. The Kier molecular flexibility index (Phi) is 12.2. The quantitative estimate of drug-likeness (QED) is 0.121. The lowest BCUT2D eigenvalue weighted by atomic mass is 9.75. The number of nitrogens with one attached hydrogen (secondary N) is 3. The molecule has 0 bridgehead atoms. The van der Waals surface area contributed by atoms with Crippen LogP contribution in [0.4, 0.5) is 15.9 Å². The Morgan fingerprint density at radius 3 is 2.34 bits per heavy atom. The number of halogens is 1. The second-order valence-electron chi connectivity index (χ2n) is 19.5. The zero-order valence-corrected chi connectivity index (χ0v) is 37.8. The highest BCUT2D eigenvalue weighted by Gasteiger charge is 2.41. The van der Waals surface area contributed by atoms with Crippen molar-refractivity contribution in [2.45, 2.75) is 128 Å². The van der Waals surface area contributed by atoms with Gasteiger partial charge in [-0.15, -0.1) is 0 Å². The molecule has 3 amide bonds. The molecule has 3 saturated heterocycles. The maximum absolute atomic E-state index is 15.4. The van der Waals surface area contributed by atoms with E-state index in [4.69, 9.17) is 15.1 Å². The van der Waals surface area contributed by atoms with Crippen molar-refractivity contribution in [1.29, 1.82) is 5.26 Å². The molecule has 3 aliphatic heterocycles. The number of rotatable bonds is 10. The van der Waals surface area contributed by atoms with Gasteiger partial charge in [0, 0.05) is 60.3 Å². The van der Waals surface area contributed by atoms with Gasteiger partial charge in [0.25, 0.3) is 0 Å². The summed E-state index contributed by atoms with van der Waals surface area (Å²) in [7, 11) is 0. The number of carbonyl (C=O) groups excluding carboxylic acids is 3. The summed E-state index contributed by atoms with van der Waals surface area (Å²) in [5.41, 5.74) is 4.63. The van der Waals surface area contributed by atoms with E-state index in [-0.39, 0.29) is 52.9 Å². The molecule has 5 aromatic rings. The number of nitrogens with zero attached hydrogens (tertiary/aromatic N) is 9. The minimum Gasteiger partial charge on any atom is -0.374 e. The molecule has 0 radical (unpaired) electrons. The number of benzene rings is 1. The molecule has 4 aromatic heterocycles. The van der Waals surface area contributed by atoms with Crippen molar-refractivity contribution >= 4 is 34.7 Å². The van der Waals surface area contributed by atoms with Crippen LogP contribution in [0, 0.1) is 22.6 Å². The van der Waals surface area contributed by atoms with Gasteiger partial charge >= 0.3 is 0 Å². The van der Waals surface area contributed by atoms with Crippen LogP contribution in [0.1, 0.15) is 121 Å². The number of likely N-dealkylation sites (tertiary alicyclic amines) is 1. The van der Waals surface area contributed by atoms with Gasteiger partial charge in [-0.25, -0.2) is 18.9 Å². The van der Waals surface area contributed by atoms with Gasteiger partial charge in [-0.2, -0.15) is 15.5 Å². The van der Waals surface area contributed by atoms with Crippen LogP contribution in [0.5, 0.6) is 0 Å². The standard InChI is InChI=1S/C49H59FN12O3/c1-5-49(47(65)58-48(2,3)4)18-22-60(23-19-49)42-14-6-32(26-52-42)44-45-33(25-51)27-54-62(45)30-41(56-44)34-28-53-61(29-34)37-10-8-36(9-11-37)59-20-16-31(17-21-59)38-12-7-35(24-39(38)50)55-40-13-15-43(63)57-46(40)64/h6-7,12,14,24,26-31,36-37,40,55H,5,8-11,13,15-23H2,1-4H3,(H,58,65)(H,57,63,64)/t36?,37?,40-/m0/s1. The van der Waals surface area contributed by atoms with E-state index in [1.165, 1.54) is 6.07 Å². The zero-order valence-electron chi connectivity index (χ0n) is 37.8. The lowest BCUT2D eigenvalue weighted by Crippen LogP contribution is -2.53. The van der Waals surface area contributed by atoms with Gasteiger partial charge in [0.15, 0.2) is 0 Å². The molecule has 3 N–H and O–H groups in total. The number of hydrogen-bond acceptors (Lipinski definition) is 11. The summed E-state index contributed by atoms with van der Waals surface area (Å²) in [6, 6.07) is 11.6. The Balaban J connectivity index is 0.816. The number of amides is 3. The van der Waals surface area contributed by atoms with Crippen molar-refractivity contribution in [1.82, 2.24) is 44.9 Å². The molecular formula is C49H59FN12O3. The van der Waals surface area contributed by atoms with Crippen LogP contribution in [0.2, 0.25) is 0 Å². The summed E-state index contributed by atoms with van der Waals surface area (Å²) in [6.07, 6.45) is 18.0. The van der Waals surface area contributed by atoms with Gasteiger partial charge in [0.2, 0.25) is 17.7 Å². The van der Waals surface area contributed by atoms with Crippen molar-refractivity contribution in [3.8, 4) is 28.6 Å². The minimum atomic E-state index is -0.547. The van der Waals surface area contributed by atoms with Crippen molar-refractivity contribution in [3.63, 3.8) is 0 Å². The Morgan fingerprint density at radius 2 is 1.68 bits per heavy atom. The predicted molar refractivity (Wildman–Crippen MR) is 245 cm³/mol. The molecule has 1 aromatic carbocycles. The number of pyridine rings is 1. The van der Waals surface area contributed by atoms with Crippen molar-refractivity contribution < 1.29 is 18.8 Å². The Bertz CT molecular complexity index is 2600. The molecule has 1 aliphatic carbocycles. The maximum Gasteiger partial charge on any atom is 0.249 e. The summed E-state index contributed by atoms with van der Waals surface area (Å²) in [6.45, 7) is 11.5. The molecule has 1 atom stereocenters. The van der Waals surface area contributed by atoms with E-state index in [0.29, 0.717) is 40.6 Å². The summed E-state index contributed by atoms with van der Waals surface area (Å²) in [4.78, 5) is 51.8. The summed E-state index contributed by atoms with van der Waals surface area (Å²) < 4.78 is 19.2. The summed E-state index contributed by atoms with van der Waals surface area (Å²) >= 11 is 0. The maximum atomic E-state index is 15.4. The number of fused-ring (bicyclic) bond motifs is 1. The molecule has 16 heteroatoms. The average Bonchev–Trinajstić information content (AvgIpc) is 3.98. The predicted octanol–water partition coefficient (Wildman–Crippen LogP) is 7.16. The van der Waals surface area contributed by atoms with Crippen LogP contribution in [0.3, 0.4) is 0 Å². The van der Waals surface area contributed by atoms with E-state index >= 15 is 4.39 Å². The number of aromatic nitrogens is 6. The molecule has 4 fully saturated rings. The van der Waals surface area contributed by atoms with E-state index < -0.39 is 6.04 Å². The SMILES string of the molecule is CCC1(C(=O)NC(C)(C)C)CCN(c2ccc(-c3nc(-c4cnn(C5CCC(N6CCC(c7ccc(N[C@H]8CCC(=O)NC8=O)cc7F)CC6)CC5)c4)cn4ncc(C#N)c34)cn2)CC1. The third kappa shape index (κ3) is 9.20. The second kappa shape index (κ2) is 18.0. The number of hydrogen-bond donors (Lipinski definition) is 3. The molecule has 1 saturated carbocycles.